The van der Waals surface area contributed by atoms with E-state index in [2.05, 4.69) is 0 Å². The number of aromatic nitrogens is 2. The SMILES string of the molecule is Cc1cc2c(=O)n(-c3ccccc3)c(=O)n(CC(=O)N3CCCC3)c2s1. The van der Waals surface area contributed by atoms with Gasteiger partial charge in [-0.1, -0.05) is 18.2 Å². The molecule has 0 bridgehead atoms. The summed E-state index contributed by atoms with van der Waals surface area (Å²) in [6.07, 6.45) is 2.00. The molecule has 26 heavy (non-hydrogen) atoms. The summed E-state index contributed by atoms with van der Waals surface area (Å²) in [6.45, 7) is 3.33. The van der Waals surface area contributed by atoms with Crippen molar-refractivity contribution in [2.75, 3.05) is 13.1 Å². The highest BCUT2D eigenvalue weighted by atomic mass is 32.1. The Morgan fingerprint density at radius 3 is 2.50 bits per heavy atom. The Bertz CT molecular complexity index is 1090. The molecule has 0 atom stereocenters. The van der Waals surface area contributed by atoms with E-state index >= 15 is 0 Å². The van der Waals surface area contributed by atoms with Crippen LogP contribution in [0.3, 0.4) is 0 Å². The molecule has 3 heterocycles. The van der Waals surface area contributed by atoms with E-state index in [0.29, 0.717) is 15.9 Å². The molecule has 1 amide bonds. The third-order valence-corrected chi connectivity index (χ3v) is 5.78. The van der Waals surface area contributed by atoms with Gasteiger partial charge in [-0.3, -0.25) is 14.2 Å². The molecule has 0 aliphatic carbocycles. The van der Waals surface area contributed by atoms with Gasteiger partial charge in [-0.2, -0.15) is 0 Å². The number of para-hydroxylation sites is 1. The molecule has 0 N–H and O–H groups in total. The van der Waals surface area contributed by atoms with Gasteiger partial charge in [0.25, 0.3) is 5.56 Å². The molecule has 0 radical (unpaired) electrons. The summed E-state index contributed by atoms with van der Waals surface area (Å²) in [6, 6.07) is 10.6. The summed E-state index contributed by atoms with van der Waals surface area (Å²) in [5, 5.41) is 0.477. The number of rotatable bonds is 3. The van der Waals surface area contributed by atoms with E-state index in [4.69, 9.17) is 0 Å². The molecule has 1 aliphatic rings. The fourth-order valence-corrected chi connectivity index (χ4v) is 4.41. The first-order valence-corrected chi connectivity index (χ1v) is 9.47. The Morgan fingerprint density at radius 1 is 1.12 bits per heavy atom. The van der Waals surface area contributed by atoms with Gasteiger partial charge in [-0.05, 0) is 38.0 Å². The lowest BCUT2D eigenvalue weighted by atomic mass is 10.3. The second-order valence-electron chi connectivity index (χ2n) is 6.51. The lowest BCUT2D eigenvalue weighted by Crippen LogP contribution is -2.42. The third-order valence-electron chi connectivity index (χ3n) is 4.70. The van der Waals surface area contributed by atoms with Crippen LogP contribution in [0.5, 0.6) is 0 Å². The van der Waals surface area contributed by atoms with Crippen LogP contribution in [0.15, 0.2) is 46.0 Å². The van der Waals surface area contributed by atoms with Gasteiger partial charge >= 0.3 is 5.69 Å². The maximum absolute atomic E-state index is 13.1. The molecule has 1 saturated heterocycles. The van der Waals surface area contributed by atoms with Crippen molar-refractivity contribution in [2.45, 2.75) is 26.3 Å². The average Bonchev–Trinajstić information content (AvgIpc) is 3.29. The second kappa shape index (κ2) is 6.57. The topological polar surface area (TPSA) is 64.3 Å². The van der Waals surface area contributed by atoms with Crippen molar-refractivity contribution in [1.29, 1.82) is 0 Å². The minimum Gasteiger partial charge on any atom is -0.341 e. The first-order chi connectivity index (χ1) is 12.6. The average molecular weight is 369 g/mol. The van der Waals surface area contributed by atoms with Crippen LogP contribution in [-0.4, -0.2) is 33.0 Å². The van der Waals surface area contributed by atoms with E-state index in [1.807, 2.05) is 13.0 Å². The fraction of sp³-hybridized carbons (Fsp3) is 0.316. The van der Waals surface area contributed by atoms with Crippen LogP contribution < -0.4 is 11.2 Å². The van der Waals surface area contributed by atoms with E-state index in [0.717, 1.165) is 35.4 Å². The number of amides is 1. The van der Waals surface area contributed by atoms with Crippen molar-refractivity contribution in [3.8, 4) is 5.69 Å². The largest absolute Gasteiger partial charge is 0.341 e. The third kappa shape index (κ3) is 2.78. The number of thiophene rings is 1. The highest BCUT2D eigenvalue weighted by molar-refractivity contribution is 7.18. The van der Waals surface area contributed by atoms with Gasteiger partial charge in [0.05, 0.1) is 11.1 Å². The van der Waals surface area contributed by atoms with E-state index in [9.17, 15) is 14.4 Å². The molecule has 2 aromatic heterocycles. The van der Waals surface area contributed by atoms with E-state index < -0.39 is 5.69 Å². The summed E-state index contributed by atoms with van der Waals surface area (Å²) in [5.41, 5.74) is -0.302. The van der Waals surface area contributed by atoms with Crippen molar-refractivity contribution in [2.24, 2.45) is 0 Å². The predicted molar refractivity (Wildman–Crippen MR) is 102 cm³/mol. The number of likely N-dealkylation sites (tertiary alicyclic amines) is 1. The molecular weight excluding hydrogens is 350 g/mol. The zero-order valence-electron chi connectivity index (χ0n) is 14.5. The zero-order chi connectivity index (χ0) is 18.3. The Hall–Kier alpha value is -2.67. The number of fused-ring (bicyclic) bond motifs is 1. The molecule has 0 spiro atoms. The number of benzene rings is 1. The van der Waals surface area contributed by atoms with Crippen molar-refractivity contribution < 1.29 is 4.79 Å². The number of carbonyl (C=O) groups is 1. The molecule has 3 aromatic rings. The minimum atomic E-state index is -0.469. The van der Waals surface area contributed by atoms with Gasteiger partial charge in [0, 0.05) is 18.0 Å². The Labute approximate surface area is 153 Å². The van der Waals surface area contributed by atoms with Crippen molar-refractivity contribution in [3.63, 3.8) is 0 Å². The van der Waals surface area contributed by atoms with Crippen LogP contribution in [0.2, 0.25) is 0 Å². The van der Waals surface area contributed by atoms with E-state index in [1.54, 1.807) is 35.2 Å². The van der Waals surface area contributed by atoms with Crippen molar-refractivity contribution >= 4 is 27.5 Å². The first kappa shape index (κ1) is 16.8. The van der Waals surface area contributed by atoms with Crippen LogP contribution in [0.4, 0.5) is 0 Å². The highest BCUT2D eigenvalue weighted by Crippen LogP contribution is 2.22. The molecule has 134 valence electrons. The number of hydrogen-bond donors (Lipinski definition) is 0. The molecule has 0 saturated carbocycles. The van der Waals surface area contributed by atoms with Crippen LogP contribution in [-0.2, 0) is 11.3 Å². The Balaban J connectivity index is 1.92. The summed E-state index contributed by atoms with van der Waals surface area (Å²) < 4.78 is 2.60. The number of hydrogen-bond acceptors (Lipinski definition) is 4. The lowest BCUT2D eigenvalue weighted by molar-refractivity contribution is -0.130. The zero-order valence-corrected chi connectivity index (χ0v) is 15.3. The van der Waals surface area contributed by atoms with Crippen molar-refractivity contribution in [3.05, 3.63) is 62.1 Å². The minimum absolute atomic E-state index is 0.0393. The molecule has 0 unspecified atom stereocenters. The lowest BCUT2D eigenvalue weighted by Gasteiger charge is -2.17. The number of nitrogens with zero attached hydrogens (tertiary/aromatic N) is 3. The van der Waals surface area contributed by atoms with Crippen LogP contribution in [0, 0.1) is 6.92 Å². The molecule has 4 rings (SSSR count). The van der Waals surface area contributed by atoms with Gasteiger partial charge in [-0.15, -0.1) is 11.3 Å². The van der Waals surface area contributed by atoms with Crippen LogP contribution >= 0.6 is 11.3 Å². The molecule has 1 aromatic carbocycles. The monoisotopic (exact) mass is 369 g/mol. The van der Waals surface area contributed by atoms with Gasteiger partial charge in [0.15, 0.2) is 0 Å². The second-order valence-corrected chi connectivity index (χ2v) is 7.74. The molecular formula is C19H19N3O3S. The summed E-state index contributed by atoms with van der Waals surface area (Å²) in [5.74, 6) is -0.0739. The smallest absolute Gasteiger partial charge is 0.337 e. The van der Waals surface area contributed by atoms with E-state index in [-0.39, 0.29) is 18.0 Å². The Kier molecular flexibility index (Phi) is 4.24. The normalized spacial score (nSPS) is 14.3. The van der Waals surface area contributed by atoms with Gasteiger partial charge in [0.1, 0.15) is 11.4 Å². The van der Waals surface area contributed by atoms with E-state index in [1.165, 1.54) is 15.9 Å². The van der Waals surface area contributed by atoms with Crippen molar-refractivity contribution in [1.82, 2.24) is 14.0 Å². The predicted octanol–water partition coefficient (Wildman–Crippen LogP) is 2.14. The van der Waals surface area contributed by atoms with Crippen LogP contribution in [0.25, 0.3) is 15.9 Å². The standard InChI is InChI=1S/C19H19N3O3S/c1-13-11-15-17(24)22(14-7-3-2-4-8-14)19(25)21(18(15)26-13)12-16(23)20-9-5-6-10-20/h2-4,7-8,11H,5-6,9-10,12H2,1H3. The van der Waals surface area contributed by atoms with Crippen LogP contribution in [0.1, 0.15) is 17.7 Å². The van der Waals surface area contributed by atoms with Gasteiger partial charge in [0.2, 0.25) is 5.91 Å². The fourth-order valence-electron chi connectivity index (χ4n) is 3.42. The Morgan fingerprint density at radius 2 is 1.81 bits per heavy atom. The number of aryl methyl sites for hydroxylation is 1. The molecule has 7 heteroatoms. The van der Waals surface area contributed by atoms with Gasteiger partial charge in [-0.25, -0.2) is 9.36 Å². The maximum Gasteiger partial charge on any atom is 0.337 e. The first-order valence-electron chi connectivity index (χ1n) is 8.65. The maximum atomic E-state index is 13.1. The summed E-state index contributed by atoms with van der Waals surface area (Å²) >= 11 is 1.37. The summed E-state index contributed by atoms with van der Waals surface area (Å²) in [4.78, 5) is 42.0. The molecule has 6 nitrogen and oxygen atoms in total. The highest BCUT2D eigenvalue weighted by Gasteiger charge is 2.22. The molecule has 1 aliphatic heterocycles. The number of carbonyl (C=O) groups excluding carboxylic acids is 1. The quantitative estimate of drug-likeness (QED) is 0.711. The summed E-state index contributed by atoms with van der Waals surface area (Å²) in [7, 11) is 0. The molecule has 1 fully saturated rings. The van der Waals surface area contributed by atoms with Gasteiger partial charge < -0.3 is 4.90 Å².